The van der Waals surface area contributed by atoms with Crippen molar-refractivity contribution in [1.29, 1.82) is 0 Å². The first-order valence-electron chi connectivity index (χ1n) is 7.77. The van der Waals surface area contributed by atoms with Gasteiger partial charge in [0.25, 0.3) is 5.91 Å². The Balaban J connectivity index is 0.00000288. The molecular weight excluding hydrogens is 352 g/mol. The Morgan fingerprint density at radius 1 is 1.42 bits per heavy atom. The van der Waals surface area contributed by atoms with Crippen LogP contribution in [-0.2, 0) is 9.84 Å². The van der Waals surface area contributed by atoms with Crippen molar-refractivity contribution in [2.75, 3.05) is 33.0 Å². The molecule has 0 spiro atoms. The lowest BCUT2D eigenvalue weighted by molar-refractivity contribution is 0.0938. The molecule has 0 aliphatic carbocycles. The topological polar surface area (TPSA) is 75.7 Å². The van der Waals surface area contributed by atoms with E-state index >= 15 is 0 Å². The number of hydrogen-bond acceptors (Lipinski definition) is 5. The van der Waals surface area contributed by atoms with Crippen LogP contribution in [-0.4, -0.2) is 58.3 Å². The second kappa shape index (κ2) is 8.69. The molecule has 0 saturated carbocycles. The molecule has 0 bridgehead atoms. The normalized spacial score (nSPS) is 18.0. The number of hydrogen-bond donors (Lipinski definition) is 1. The zero-order valence-corrected chi connectivity index (χ0v) is 15.9. The molecule has 1 atom stereocenters. The zero-order valence-electron chi connectivity index (χ0n) is 14.2. The number of methoxy groups -OCH3 is 1. The third kappa shape index (κ3) is 4.84. The summed E-state index contributed by atoms with van der Waals surface area (Å²) in [7, 11) is -1.91. The number of ether oxygens (including phenoxy) is 1. The van der Waals surface area contributed by atoms with E-state index < -0.39 is 9.84 Å². The van der Waals surface area contributed by atoms with Gasteiger partial charge in [0, 0.05) is 18.8 Å². The van der Waals surface area contributed by atoms with Gasteiger partial charge in [0.2, 0.25) is 0 Å². The van der Waals surface area contributed by atoms with Gasteiger partial charge in [-0.2, -0.15) is 0 Å². The molecule has 1 saturated heterocycles. The Hall–Kier alpha value is -1.31. The maximum absolute atomic E-state index is 12.5. The molecule has 1 fully saturated rings. The number of carbonyl (C=O) groups excluding carboxylic acids is 1. The second-order valence-electron chi connectivity index (χ2n) is 5.77. The van der Waals surface area contributed by atoms with Gasteiger partial charge in [0.05, 0.1) is 17.6 Å². The SMILES string of the molecule is CCN1CCCC1CNC(=O)c1cc(S(C)(=O)=O)ccc1OC.Cl. The number of likely N-dealkylation sites (N-methyl/N-ethyl adjacent to an activating group) is 1. The Labute approximate surface area is 149 Å². The number of likely N-dealkylation sites (tertiary alicyclic amines) is 1. The molecule has 1 aromatic rings. The van der Waals surface area contributed by atoms with Crippen LogP contribution < -0.4 is 10.1 Å². The molecule has 0 radical (unpaired) electrons. The lowest BCUT2D eigenvalue weighted by Gasteiger charge is -2.23. The van der Waals surface area contributed by atoms with E-state index in [4.69, 9.17) is 4.74 Å². The van der Waals surface area contributed by atoms with Crippen LogP contribution in [0.2, 0.25) is 0 Å². The first-order chi connectivity index (χ1) is 10.9. The summed E-state index contributed by atoms with van der Waals surface area (Å²) in [5, 5.41) is 2.90. The average Bonchev–Trinajstić information content (AvgIpc) is 2.98. The van der Waals surface area contributed by atoms with Crippen LogP contribution in [0, 0.1) is 0 Å². The largest absolute Gasteiger partial charge is 0.496 e. The highest BCUT2D eigenvalue weighted by Gasteiger charge is 2.24. The molecule has 1 amide bonds. The molecule has 1 unspecified atom stereocenters. The summed E-state index contributed by atoms with van der Waals surface area (Å²) in [6.45, 7) is 4.69. The molecule has 1 aromatic carbocycles. The highest BCUT2D eigenvalue weighted by atomic mass is 35.5. The van der Waals surface area contributed by atoms with E-state index in [2.05, 4.69) is 17.1 Å². The summed E-state index contributed by atoms with van der Waals surface area (Å²) in [4.78, 5) is 14.9. The zero-order chi connectivity index (χ0) is 17.0. The van der Waals surface area contributed by atoms with Crippen molar-refractivity contribution < 1.29 is 17.9 Å². The fourth-order valence-corrected chi connectivity index (χ4v) is 3.59. The minimum atomic E-state index is -3.37. The van der Waals surface area contributed by atoms with Gasteiger partial charge in [-0.05, 0) is 44.1 Å². The average molecular weight is 377 g/mol. The van der Waals surface area contributed by atoms with E-state index in [1.807, 2.05) is 0 Å². The van der Waals surface area contributed by atoms with Crippen LogP contribution in [0.3, 0.4) is 0 Å². The first-order valence-corrected chi connectivity index (χ1v) is 9.66. The van der Waals surface area contributed by atoms with Crippen LogP contribution in [0.5, 0.6) is 5.75 Å². The predicted octanol–water partition coefficient (Wildman–Crippen LogP) is 1.73. The summed E-state index contributed by atoms with van der Waals surface area (Å²) in [5.41, 5.74) is 0.247. The molecule has 24 heavy (non-hydrogen) atoms. The Morgan fingerprint density at radius 2 is 2.12 bits per heavy atom. The predicted molar refractivity (Wildman–Crippen MR) is 96.0 cm³/mol. The van der Waals surface area contributed by atoms with E-state index in [0.29, 0.717) is 18.3 Å². The number of nitrogens with one attached hydrogen (secondary N) is 1. The van der Waals surface area contributed by atoms with Crippen molar-refractivity contribution in [3.8, 4) is 5.75 Å². The maximum atomic E-state index is 12.5. The smallest absolute Gasteiger partial charge is 0.255 e. The molecule has 2 rings (SSSR count). The third-order valence-corrected chi connectivity index (χ3v) is 5.36. The van der Waals surface area contributed by atoms with Crippen molar-refractivity contribution in [1.82, 2.24) is 10.2 Å². The Morgan fingerprint density at radius 3 is 2.71 bits per heavy atom. The number of sulfone groups is 1. The fourth-order valence-electron chi connectivity index (χ4n) is 2.94. The molecule has 1 aliphatic heterocycles. The Bertz CT molecular complexity index is 679. The number of benzene rings is 1. The van der Waals surface area contributed by atoms with Gasteiger partial charge in [-0.1, -0.05) is 6.92 Å². The van der Waals surface area contributed by atoms with Crippen LogP contribution in [0.15, 0.2) is 23.1 Å². The first kappa shape index (κ1) is 20.7. The van der Waals surface area contributed by atoms with E-state index in [1.54, 1.807) is 0 Å². The van der Waals surface area contributed by atoms with Gasteiger partial charge < -0.3 is 10.1 Å². The number of carbonyl (C=O) groups is 1. The Kier molecular flexibility index (Phi) is 7.51. The third-order valence-electron chi connectivity index (χ3n) is 4.25. The summed E-state index contributed by atoms with van der Waals surface area (Å²) in [6.07, 6.45) is 3.32. The van der Waals surface area contributed by atoms with Crippen molar-refractivity contribution in [2.45, 2.75) is 30.7 Å². The van der Waals surface area contributed by atoms with Gasteiger partial charge in [-0.25, -0.2) is 8.42 Å². The lowest BCUT2D eigenvalue weighted by Crippen LogP contribution is -2.40. The molecule has 1 N–H and O–H groups in total. The van der Waals surface area contributed by atoms with E-state index in [1.165, 1.54) is 25.3 Å². The maximum Gasteiger partial charge on any atom is 0.255 e. The molecule has 6 nitrogen and oxygen atoms in total. The van der Waals surface area contributed by atoms with Gasteiger partial charge in [-0.15, -0.1) is 12.4 Å². The van der Waals surface area contributed by atoms with Crippen molar-refractivity contribution in [3.05, 3.63) is 23.8 Å². The summed E-state index contributed by atoms with van der Waals surface area (Å²) >= 11 is 0. The van der Waals surface area contributed by atoms with Gasteiger partial charge in [0.1, 0.15) is 5.75 Å². The number of nitrogens with zero attached hydrogens (tertiary/aromatic N) is 1. The van der Waals surface area contributed by atoms with E-state index in [0.717, 1.165) is 32.2 Å². The van der Waals surface area contributed by atoms with Crippen molar-refractivity contribution >= 4 is 28.2 Å². The molecular formula is C16H25ClN2O4S. The molecule has 136 valence electrons. The lowest BCUT2D eigenvalue weighted by atomic mass is 10.1. The van der Waals surface area contributed by atoms with E-state index in [-0.39, 0.29) is 28.8 Å². The van der Waals surface area contributed by atoms with E-state index in [9.17, 15) is 13.2 Å². The van der Waals surface area contributed by atoms with Gasteiger partial charge in [0.15, 0.2) is 9.84 Å². The highest BCUT2D eigenvalue weighted by molar-refractivity contribution is 7.90. The standard InChI is InChI=1S/C16H24N2O4S.ClH/c1-4-18-9-5-6-12(18)11-17-16(19)14-10-13(23(3,20)21)7-8-15(14)22-2;/h7-8,10,12H,4-6,9,11H2,1-3H3,(H,17,19);1H. The summed E-state index contributed by atoms with van der Waals surface area (Å²) < 4.78 is 28.5. The number of rotatable bonds is 6. The molecule has 8 heteroatoms. The van der Waals surface area contributed by atoms with Crippen molar-refractivity contribution in [2.24, 2.45) is 0 Å². The number of halogens is 1. The van der Waals surface area contributed by atoms with Crippen LogP contribution in [0.4, 0.5) is 0 Å². The minimum Gasteiger partial charge on any atom is -0.496 e. The van der Waals surface area contributed by atoms with Gasteiger partial charge >= 0.3 is 0 Å². The summed E-state index contributed by atoms with van der Waals surface area (Å²) in [6, 6.07) is 4.67. The molecule has 1 aliphatic rings. The van der Waals surface area contributed by atoms with Crippen LogP contribution in [0.25, 0.3) is 0 Å². The van der Waals surface area contributed by atoms with Crippen molar-refractivity contribution in [3.63, 3.8) is 0 Å². The second-order valence-corrected chi connectivity index (χ2v) is 7.78. The molecule has 1 heterocycles. The van der Waals surface area contributed by atoms with Crippen LogP contribution in [0.1, 0.15) is 30.1 Å². The van der Waals surface area contributed by atoms with Gasteiger partial charge in [-0.3, -0.25) is 9.69 Å². The highest BCUT2D eigenvalue weighted by Crippen LogP contribution is 2.23. The number of amides is 1. The summed E-state index contributed by atoms with van der Waals surface area (Å²) in [5.74, 6) is 0.0592. The minimum absolute atomic E-state index is 0. The molecule has 0 aromatic heterocycles. The quantitative estimate of drug-likeness (QED) is 0.818. The fraction of sp³-hybridized carbons (Fsp3) is 0.562. The van der Waals surface area contributed by atoms with Crippen LogP contribution >= 0.6 is 12.4 Å². The monoisotopic (exact) mass is 376 g/mol.